The van der Waals surface area contributed by atoms with E-state index in [1.807, 2.05) is 12.1 Å². The number of thiophene rings is 2. The molecule has 0 bridgehead atoms. The number of allylic oxidation sites excluding steroid dienone is 2. The molecule has 0 amide bonds. The fraction of sp³-hybridized carbons (Fsp3) is 0. The number of anilines is 2. The Morgan fingerprint density at radius 1 is 0.889 bits per heavy atom. The lowest BCUT2D eigenvalue weighted by atomic mass is 10.2. The predicted molar refractivity (Wildman–Crippen MR) is 77.8 cm³/mol. The van der Waals surface area contributed by atoms with Crippen molar-refractivity contribution >= 4 is 55.6 Å². The SMILES string of the molecule is N#C/C=C/c1sc2sc(/C=C/C#N)c(N)c2c1N. The third kappa shape index (κ3) is 1.95. The van der Waals surface area contributed by atoms with Gasteiger partial charge < -0.3 is 11.5 Å². The molecule has 0 saturated heterocycles. The predicted octanol–water partition coefficient (Wildman–Crippen LogP) is 3.20. The first-order chi connectivity index (χ1) is 8.69. The Balaban J connectivity index is 2.59. The van der Waals surface area contributed by atoms with E-state index in [1.165, 1.54) is 34.8 Å². The van der Waals surface area contributed by atoms with E-state index < -0.39 is 0 Å². The van der Waals surface area contributed by atoms with Crippen LogP contribution in [0.2, 0.25) is 0 Å². The van der Waals surface area contributed by atoms with Crippen LogP contribution < -0.4 is 11.5 Å². The van der Waals surface area contributed by atoms with Crippen LogP contribution in [0.1, 0.15) is 9.75 Å². The maximum Gasteiger partial charge on any atom is 0.0920 e. The number of fused-ring (bicyclic) bond motifs is 1. The van der Waals surface area contributed by atoms with E-state index in [-0.39, 0.29) is 0 Å². The van der Waals surface area contributed by atoms with Gasteiger partial charge in [0, 0.05) is 12.2 Å². The molecule has 0 radical (unpaired) electrons. The molecule has 6 heteroatoms. The highest BCUT2D eigenvalue weighted by atomic mass is 32.2. The molecule has 4 nitrogen and oxygen atoms in total. The van der Waals surface area contributed by atoms with Gasteiger partial charge in [-0.2, -0.15) is 10.5 Å². The van der Waals surface area contributed by atoms with Crippen molar-refractivity contribution in [3.8, 4) is 12.1 Å². The molecule has 2 aromatic rings. The van der Waals surface area contributed by atoms with Gasteiger partial charge in [-0.3, -0.25) is 0 Å². The van der Waals surface area contributed by atoms with Crippen molar-refractivity contribution in [2.24, 2.45) is 0 Å². The Kier molecular flexibility index (Phi) is 3.33. The first kappa shape index (κ1) is 12.2. The second kappa shape index (κ2) is 4.92. The summed E-state index contributed by atoms with van der Waals surface area (Å²) in [5.41, 5.74) is 13.2. The molecule has 0 aromatic carbocycles. The Labute approximate surface area is 112 Å². The Bertz CT molecular complexity index is 675. The molecule has 18 heavy (non-hydrogen) atoms. The molecule has 88 valence electrons. The van der Waals surface area contributed by atoms with Crippen LogP contribution in [0.5, 0.6) is 0 Å². The second-order valence-electron chi connectivity index (χ2n) is 3.35. The van der Waals surface area contributed by atoms with Gasteiger partial charge in [-0.25, -0.2) is 0 Å². The van der Waals surface area contributed by atoms with Crippen LogP contribution in [0.4, 0.5) is 11.4 Å². The van der Waals surface area contributed by atoms with Crippen molar-refractivity contribution in [3.63, 3.8) is 0 Å². The molecule has 0 aliphatic heterocycles. The van der Waals surface area contributed by atoms with Crippen LogP contribution in [0.25, 0.3) is 21.6 Å². The van der Waals surface area contributed by atoms with E-state index in [2.05, 4.69) is 0 Å². The lowest BCUT2D eigenvalue weighted by Gasteiger charge is -1.94. The Morgan fingerprint density at radius 3 is 1.67 bits per heavy atom. The average molecular weight is 272 g/mol. The molecule has 0 aliphatic rings. The van der Waals surface area contributed by atoms with Crippen molar-refractivity contribution in [2.75, 3.05) is 11.5 Å². The quantitative estimate of drug-likeness (QED) is 0.820. The van der Waals surface area contributed by atoms with Crippen molar-refractivity contribution < 1.29 is 0 Å². The van der Waals surface area contributed by atoms with Gasteiger partial charge >= 0.3 is 0 Å². The van der Waals surface area contributed by atoms with Crippen LogP contribution in [0.3, 0.4) is 0 Å². The van der Waals surface area contributed by atoms with Crippen molar-refractivity contribution in [3.05, 3.63) is 21.9 Å². The molecular weight excluding hydrogens is 264 g/mol. The average Bonchev–Trinajstić information content (AvgIpc) is 2.83. The summed E-state index contributed by atoms with van der Waals surface area (Å²) < 4.78 is 1.00. The lowest BCUT2D eigenvalue weighted by molar-refractivity contribution is 1.54. The van der Waals surface area contributed by atoms with Crippen molar-refractivity contribution in [1.82, 2.24) is 0 Å². The monoisotopic (exact) mass is 272 g/mol. The number of nitrogens with two attached hydrogens (primary N) is 2. The molecule has 2 aromatic heterocycles. The minimum Gasteiger partial charge on any atom is -0.397 e. The van der Waals surface area contributed by atoms with Crippen LogP contribution in [0.15, 0.2) is 12.2 Å². The van der Waals surface area contributed by atoms with Crippen molar-refractivity contribution in [2.45, 2.75) is 0 Å². The highest BCUT2D eigenvalue weighted by Gasteiger charge is 2.15. The molecule has 4 N–H and O–H groups in total. The van der Waals surface area contributed by atoms with Gasteiger partial charge in [0.25, 0.3) is 0 Å². The van der Waals surface area contributed by atoms with Crippen molar-refractivity contribution in [1.29, 1.82) is 10.5 Å². The summed E-state index contributed by atoms with van der Waals surface area (Å²) >= 11 is 2.98. The van der Waals surface area contributed by atoms with Gasteiger partial charge in [0.05, 0.1) is 42.7 Å². The molecule has 0 aliphatic carbocycles. The van der Waals surface area contributed by atoms with E-state index >= 15 is 0 Å². The van der Waals surface area contributed by atoms with E-state index in [0.717, 1.165) is 19.2 Å². The first-order valence-corrected chi connectivity index (χ1v) is 6.55. The molecule has 0 saturated carbocycles. The third-order valence-corrected chi connectivity index (χ3v) is 4.73. The molecule has 0 spiro atoms. The fourth-order valence-electron chi connectivity index (χ4n) is 1.52. The molecule has 2 heterocycles. The summed E-state index contributed by atoms with van der Waals surface area (Å²) in [6, 6.07) is 3.86. The maximum absolute atomic E-state index is 8.50. The topological polar surface area (TPSA) is 99.6 Å². The van der Waals surface area contributed by atoms with E-state index in [0.29, 0.717) is 11.4 Å². The normalized spacial score (nSPS) is 11.2. The highest BCUT2D eigenvalue weighted by Crippen LogP contribution is 2.45. The van der Waals surface area contributed by atoms with E-state index in [1.54, 1.807) is 12.2 Å². The molecule has 2 rings (SSSR count). The Morgan fingerprint density at radius 2 is 1.33 bits per heavy atom. The second-order valence-corrected chi connectivity index (χ2v) is 5.71. The molecular formula is C12H8N4S2. The summed E-state index contributed by atoms with van der Waals surface area (Å²) in [4.78, 5) is 1.67. The summed E-state index contributed by atoms with van der Waals surface area (Å²) in [6.07, 6.45) is 6.13. The summed E-state index contributed by atoms with van der Waals surface area (Å²) in [7, 11) is 0. The van der Waals surface area contributed by atoms with Gasteiger partial charge in [0.1, 0.15) is 0 Å². The lowest BCUT2D eigenvalue weighted by Crippen LogP contribution is -1.89. The van der Waals surface area contributed by atoms with Crippen LogP contribution in [-0.2, 0) is 0 Å². The van der Waals surface area contributed by atoms with Gasteiger partial charge in [-0.05, 0) is 12.2 Å². The molecule has 0 unspecified atom stereocenters. The number of nitrogen functional groups attached to an aromatic ring is 2. The smallest absolute Gasteiger partial charge is 0.0920 e. The van der Waals surface area contributed by atoms with Gasteiger partial charge in [-0.15, -0.1) is 22.7 Å². The number of hydrogen-bond donors (Lipinski definition) is 2. The number of hydrogen-bond acceptors (Lipinski definition) is 6. The van der Waals surface area contributed by atoms with Gasteiger partial charge in [-0.1, -0.05) is 0 Å². The summed E-state index contributed by atoms with van der Waals surface area (Å²) in [6.45, 7) is 0. The highest BCUT2D eigenvalue weighted by molar-refractivity contribution is 7.39. The number of nitrogens with zero attached hydrogens (tertiary/aromatic N) is 2. The Hall–Kier alpha value is -2.28. The zero-order chi connectivity index (χ0) is 13.1. The van der Waals surface area contributed by atoms with Crippen LogP contribution in [0, 0.1) is 22.7 Å². The minimum atomic E-state index is 0.590. The largest absolute Gasteiger partial charge is 0.397 e. The number of nitriles is 2. The standard InChI is InChI=1S/C12H8N4S2/c13-5-1-3-7-10(15)9-11(16)8(4-2-6-14)18-12(9)17-7/h1-4H,15-16H2/b3-1+,4-2+. The zero-order valence-electron chi connectivity index (χ0n) is 9.18. The third-order valence-electron chi connectivity index (χ3n) is 2.30. The van der Waals surface area contributed by atoms with Gasteiger partial charge in [0.2, 0.25) is 0 Å². The first-order valence-electron chi connectivity index (χ1n) is 4.91. The van der Waals surface area contributed by atoms with Crippen LogP contribution in [-0.4, -0.2) is 0 Å². The van der Waals surface area contributed by atoms with E-state index in [9.17, 15) is 0 Å². The number of rotatable bonds is 2. The summed E-state index contributed by atoms with van der Waals surface area (Å²) in [5, 5.41) is 17.8. The van der Waals surface area contributed by atoms with Crippen LogP contribution >= 0.6 is 22.7 Å². The fourth-order valence-corrected chi connectivity index (χ4v) is 3.96. The minimum absolute atomic E-state index is 0.590. The zero-order valence-corrected chi connectivity index (χ0v) is 10.8. The van der Waals surface area contributed by atoms with Gasteiger partial charge in [0.15, 0.2) is 0 Å². The molecule has 0 atom stereocenters. The summed E-state index contributed by atoms with van der Waals surface area (Å²) in [5.74, 6) is 0. The molecule has 0 fully saturated rings. The maximum atomic E-state index is 8.50. The van der Waals surface area contributed by atoms with E-state index in [4.69, 9.17) is 22.0 Å².